The molecule has 26 heavy (non-hydrogen) atoms. The highest BCUT2D eigenvalue weighted by atomic mass is 28.4. The van der Waals surface area contributed by atoms with Gasteiger partial charge in [-0.2, -0.15) is 0 Å². The molecule has 0 bridgehead atoms. The van der Waals surface area contributed by atoms with Gasteiger partial charge in [0.05, 0.1) is 12.7 Å². The van der Waals surface area contributed by atoms with Gasteiger partial charge in [0.15, 0.2) is 8.32 Å². The van der Waals surface area contributed by atoms with E-state index in [2.05, 4.69) is 45.4 Å². The van der Waals surface area contributed by atoms with Crippen molar-refractivity contribution < 1.29 is 14.3 Å². The molecule has 0 spiro atoms. The lowest BCUT2D eigenvalue weighted by Crippen LogP contribution is -2.46. The van der Waals surface area contributed by atoms with E-state index in [9.17, 15) is 14.7 Å². The fourth-order valence-electron chi connectivity index (χ4n) is 2.76. The van der Waals surface area contributed by atoms with E-state index in [1.165, 1.54) is 10.8 Å². The predicted octanol–water partition coefficient (Wildman–Crippen LogP) is 1.94. The Bertz CT molecular complexity index is 762. The van der Waals surface area contributed by atoms with Gasteiger partial charge in [-0.1, -0.05) is 26.8 Å². The molecule has 1 fully saturated rings. The topological polar surface area (TPSA) is 93.6 Å². The summed E-state index contributed by atoms with van der Waals surface area (Å²) in [6.07, 6.45) is 2.52. The fraction of sp³-hybridized carbons (Fsp3) is 0.667. The van der Waals surface area contributed by atoms with Gasteiger partial charge in [-0.25, -0.2) is 4.79 Å². The zero-order chi connectivity index (χ0) is 19.7. The minimum absolute atomic E-state index is 0.0248. The molecule has 0 unspecified atom stereocenters. The van der Waals surface area contributed by atoms with Crippen LogP contribution in [0.1, 0.15) is 39.0 Å². The standard InChI is InChI=1S/C18H30N2O5Si/c1-7-8-12-10-20(17(23)19-16(12)22)15-9-13(14(11-21)24-15)25-26(5,6)18(2,3)4/h7,10,13-15,21H,1,8-9,11H2,2-6H3,(H,19,22,23)/t13-,14+,15+/m0/s1. The van der Waals surface area contributed by atoms with E-state index in [0.717, 1.165) is 0 Å². The van der Waals surface area contributed by atoms with Gasteiger partial charge in [0, 0.05) is 18.2 Å². The Morgan fingerprint density at radius 1 is 1.46 bits per heavy atom. The molecule has 7 nitrogen and oxygen atoms in total. The molecule has 3 atom stereocenters. The molecule has 8 heteroatoms. The molecular formula is C18H30N2O5Si. The number of ether oxygens (including phenoxy) is 1. The number of aromatic amines is 1. The summed E-state index contributed by atoms with van der Waals surface area (Å²) in [4.78, 5) is 26.4. The van der Waals surface area contributed by atoms with Gasteiger partial charge in [0.2, 0.25) is 0 Å². The van der Waals surface area contributed by atoms with Crippen LogP contribution in [0, 0.1) is 0 Å². The molecule has 1 aromatic heterocycles. The van der Waals surface area contributed by atoms with E-state index in [-0.39, 0.29) is 17.7 Å². The number of allylic oxidation sites excluding steroid dienone is 1. The van der Waals surface area contributed by atoms with Crippen molar-refractivity contribution in [2.45, 2.75) is 70.2 Å². The molecule has 2 rings (SSSR count). The second kappa shape index (κ2) is 7.64. The molecule has 0 saturated carbocycles. The van der Waals surface area contributed by atoms with Crippen LogP contribution in [-0.2, 0) is 15.6 Å². The Morgan fingerprint density at radius 2 is 2.12 bits per heavy atom. The summed E-state index contributed by atoms with van der Waals surface area (Å²) in [5, 5.41) is 9.73. The molecule has 0 amide bonds. The van der Waals surface area contributed by atoms with Crippen LogP contribution in [0.25, 0.3) is 0 Å². The SMILES string of the molecule is C=CCc1cn([C@H]2C[C@H](O[Si](C)(C)C(C)(C)C)[C@@H](CO)O2)c(=O)[nH]c1=O. The highest BCUT2D eigenvalue weighted by Crippen LogP contribution is 2.40. The third-order valence-electron chi connectivity index (χ3n) is 5.33. The van der Waals surface area contributed by atoms with Crippen LogP contribution in [0.5, 0.6) is 0 Å². The zero-order valence-electron chi connectivity index (χ0n) is 16.2. The van der Waals surface area contributed by atoms with E-state index in [0.29, 0.717) is 18.4 Å². The van der Waals surface area contributed by atoms with Crippen LogP contribution in [0.15, 0.2) is 28.4 Å². The summed E-state index contributed by atoms with van der Waals surface area (Å²) < 4.78 is 13.7. The predicted molar refractivity (Wildman–Crippen MR) is 103 cm³/mol. The van der Waals surface area contributed by atoms with Gasteiger partial charge in [0.1, 0.15) is 12.3 Å². The summed E-state index contributed by atoms with van der Waals surface area (Å²) in [6.45, 7) is 14.2. The van der Waals surface area contributed by atoms with E-state index in [4.69, 9.17) is 9.16 Å². The maximum Gasteiger partial charge on any atom is 0.330 e. The first-order valence-corrected chi connectivity index (χ1v) is 11.8. The average Bonchev–Trinajstić information content (AvgIpc) is 2.91. The van der Waals surface area contributed by atoms with Crippen LogP contribution in [0.2, 0.25) is 18.1 Å². The fourth-order valence-corrected chi connectivity index (χ4v) is 4.11. The van der Waals surface area contributed by atoms with Crippen molar-refractivity contribution in [1.29, 1.82) is 0 Å². The number of aliphatic hydroxyl groups excluding tert-OH is 1. The van der Waals surface area contributed by atoms with E-state index in [1.807, 2.05) is 0 Å². The van der Waals surface area contributed by atoms with E-state index in [1.54, 1.807) is 6.08 Å². The van der Waals surface area contributed by atoms with Crippen molar-refractivity contribution in [1.82, 2.24) is 9.55 Å². The van der Waals surface area contributed by atoms with Crippen LogP contribution in [0.4, 0.5) is 0 Å². The summed E-state index contributed by atoms with van der Waals surface area (Å²) in [5.74, 6) is 0. The van der Waals surface area contributed by atoms with Crippen molar-refractivity contribution >= 4 is 8.32 Å². The molecule has 2 N–H and O–H groups in total. The average molecular weight is 383 g/mol. The van der Waals surface area contributed by atoms with Gasteiger partial charge in [-0.3, -0.25) is 14.3 Å². The van der Waals surface area contributed by atoms with Gasteiger partial charge < -0.3 is 14.3 Å². The van der Waals surface area contributed by atoms with Crippen LogP contribution in [0.3, 0.4) is 0 Å². The Hall–Kier alpha value is -1.48. The molecule has 2 heterocycles. The first-order chi connectivity index (χ1) is 12.0. The number of H-pyrrole nitrogens is 1. The maximum absolute atomic E-state index is 12.2. The third-order valence-corrected chi connectivity index (χ3v) is 9.83. The Kier molecular flexibility index (Phi) is 6.12. The number of hydrogen-bond acceptors (Lipinski definition) is 5. The largest absolute Gasteiger partial charge is 0.411 e. The monoisotopic (exact) mass is 382 g/mol. The minimum atomic E-state index is -2.05. The highest BCUT2D eigenvalue weighted by molar-refractivity contribution is 6.74. The van der Waals surface area contributed by atoms with Gasteiger partial charge in [0.25, 0.3) is 5.56 Å². The summed E-state index contributed by atoms with van der Waals surface area (Å²) >= 11 is 0. The van der Waals surface area contributed by atoms with Crippen molar-refractivity contribution in [3.63, 3.8) is 0 Å². The summed E-state index contributed by atoms with van der Waals surface area (Å²) in [6, 6.07) is 0. The lowest BCUT2D eigenvalue weighted by molar-refractivity contribution is -0.0439. The van der Waals surface area contributed by atoms with Crippen LogP contribution < -0.4 is 11.2 Å². The molecule has 146 valence electrons. The summed E-state index contributed by atoms with van der Waals surface area (Å²) in [7, 11) is -2.05. The molecule has 0 aliphatic carbocycles. The summed E-state index contributed by atoms with van der Waals surface area (Å²) in [5.41, 5.74) is -0.507. The van der Waals surface area contributed by atoms with Crippen molar-refractivity contribution in [2.75, 3.05) is 6.61 Å². The first-order valence-electron chi connectivity index (χ1n) is 8.89. The Labute approximate surface area is 154 Å². The Morgan fingerprint density at radius 3 is 2.65 bits per heavy atom. The molecule has 1 aromatic rings. The van der Waals surface area contributed by atoms with Crippen LogP contribution in [-0.4, -0.2) is 41.8 Å². The Balaban J connectivity index is 2.29. The molecule has 1 aliphatic heterocycles. The van der Waals surface area contributed by atoms with Gasteiger partial charge in [-0.15, -0.1) is 6.58 Å². The third kappa shape index (κ3) is 4.25. The quantitative estimate of drug-likeness (QED) is 0.579. The molecule has 1 saturated heterocycles. The zero-order valence-corrected chi connectivity index (χ0v) is 17.2. The lowest BCUT2D eigenvalue weighted by Gasteiger charge is -2.39. The number of aromatic nitrogens is 2. The lowest BCUT2D eigenvalue weighted by atomic mass is 10.2. The number of nitrogens with zero attached hydrogens (tertiary/aromatic N) is 1. The number of hydrogen-bond donors (Lipinski definition) is 2. The number of aliphatic hydroxyl groups is 1. The van der Waals surface area contributed by atoms with Crippen LogP contribution >= 0.6 is 0 Å². The van der Waals surface area contributed by atoms with E-state index >= 15 is 0 Å². The van der Waals surface area contributed by atoms with Crippen molar-refractivity contribution in [2.24, 2.45) is 0 Å². The first kappa shape index (κ1) is 20.8. The smallest absolute Gasteiger partial charge is 0.330 e. The normalized spacial score (nSPS) is 24.0. The van der Waals surface area contributed by atoms with E-state index < -0.39 is 31.9 Å². The second-order valence-electron chi connectivity index (χ2n) is 8.28. The number of nitrogens with one attached hydrogen (secondary N) is 1. The number of rotatable bonds is 6. The highest BCUT2D eigenvalue weighted by Gasteiger charge is 2.45. The van der Waals surface area contributed by atoms with Crippen molar-refractivity contribution in [3.8, 4) is 0 Å². The minimum Gasteiger partial charge on any atom is -0.411 e. The molecular weight excluding hydrogens is 352 g/mol. The molecule has 0 aromatic carbocycles. The molecule has 0 radical (unpaired) electrons. The van der Waals surface area contributed by atoms with Gasteiger partial charge >= 0.3 is 5.69 Å². The van der Waals surface area contributed by atoms with Gasteiger partial charge in [-0.05, 0) is 24.6 Å². The van der Waals surface area contributed by atoms with Crippen molar-refractivity contribution in [3.05, 3.63) is 45.3 Å². The maximum atomic E-state index is 12.2. The second-order valence-corrected chi connectivity index (χ2v) is 13.0. The molecule has 1 aliphatic rings.